The Kier molecular flexibility index (Phi) is 26.0. The maximum Gasteiger partial charge on any atom is 0.306 e. The highest BCUT2D eigenvalue weighted by atomic mass is 16.7. The Bertz CT molecular complexity index is 2860. The average molecular weight is 1320 g/mol. The lowest BCUT2D eigenvalue weighted by atomic mass is 9.93. The number of esters is 1. The molecule has 2 aromatic carbocycles. The lowest BCUT2D eigenvalue weighted by molar-refractivity contribution is -0.353. The van der Waals surface area contributed by atoms with Crippen molar-refractivity contribution in [2.75, 3.05) is 39.5 Å². The van der Waals surface area contributed by atoms with Gasteiger partial charge in [-0.3, -0.25) is 39.6 Å². The van der Waals surface area contributed by atoms with E-state index >= 15 is 0 Å². The summed E-state index contributed by atoms with van der Waals surface area (Å²) in [6, 6.07) is 1.78. The van der Waals surface area contributed by atoms with E-state index in [2.05, 4.69) is 37.2 Å². The summed E-state index contributed by atoms with van der Waals surface area (Å²) < 4.78 is 34.0. The molecule has 517 valence electrons. The van der Waals surface area contributed by atoms with Gasteiger partial charge in [-0.15, -0.1) is 0 Å². The van der Waals surface area contributed by atoms with Gasteiger partial charge in [0.05, 0.1) is 44.6 Å². The van der Waals surface area contributed by atoms with E-state index < -0.39 is 227 Å². The predicted molar refractivity (Wildman–Crippen MR) is 314 cm³/mol. The summed E-state index contributed by atoms with van der Waals surface area (Å²) in [6.07, 6.45) is -30.2. The SMILES string of the molecule is CC(C)CC(=O)OC1C(O)C(CO)OC(OC2C(CO)OC(Oc3ccc(CC(NC(=O)C(N)C(C)c4ccccc4)C(=O)NC(C(=O)NC(C(=O)NC([C]=O)CO)C(O)C4CNC(=N)N4C4OC(CO)C(O)C(O)C4O)C(O)C4CNC(=N)N4)cc3)C(O)C2O)C1O. The molecule has 0 bridgehead atoms. The van der Waals surface area contributed by atoms with Gasteiger partial charge in [0, 0.05) is 31.8 Å². The van der Waals surface area contributed by atoms with Crippen LogP contribution in [0.4, 0.5) is 0 Å². The Morgan fingerprint density at radius 3 is 1.89 bits per heavy atom. The molecule has 25 atom stereocenters. The normalized spacial score (nSPS) is 32.2. The zero-order valence-electron chi connectivity index (χ0n) is 50.6. The van der Waals surface area contributed by atoms with Crippen molar-refractivity contribution in [3.63, 3.8) is 0 Å². The van der Waals surface area contributed by atoms with Crippen LogP contribution in [0.25, 0.3) is 0 Å². The van der Waals surface area contributed by atoms with E-state index in [0.717, 1.165) is 4.90 Å². The third-order valence-corrected chi connectivity index (χ3v) is 16.5. The van der Waals surface area contributed by atoms with Gasteiger partial charge in [-0.25, -0.2) is 0 Å². The molecule has 25 unspecified atom stereocenters. The zero-order valence-corrected chi connectivity index (χ0v) is 50.6. The Balaban J connectivity index is 1.14. The molecule has 93 heavy (non-hydrogen) atoms. The number of hydrogen-bond donors (Lipinski definition) is 23. The molecule has 0 aromatic heterocycles. The smallest absolute Gasteiger partial charge is 0.306 e. The lowest BCUT2D eigenvalue weighted by Crippen LogP contribution is -2.69. The van der Waals surface area contributed by atoms with Crippen LogP contribution >= 0.6 is 0 Å². The molecule has 0 spiro atoms. The molecule has 4 amide bonds. The Labute approximate surface area is 531 Å². The van der Waals surface area contributed by atoms with Crippen LogP contribution in [-0.2, 0) is 58.9 Å². The first-order valence-corrected chi connectivity index (χ1v) is 29.9. The maximum atomic E-state index is 14.9. The van der Waals surface area contributed by atoms with Gasteiger partial charge in [0.15, 0.2) is 30.5 Å². The zero-order chi connectivity index (χ0) is 68.3. The molecule has 5 aliphatic rings. The first-order chi connectivity index (χ1) is 44.2. The third kappa shape index (κ3) is 17.5. The highest BCUT2D eigenvalue weighted by Crippen LogP contribution is 2.33. The summed E-state index contributed by atoms with van der Waals surface area (Å²) >= 11 is 0. The minimum absolute atomic E-state index is 0.0616. The number of hydrogen-bond acceptors (Lipinski definition) is 28. The highest BCUT2D eigenvalue weighted by Gasteiger charge is 2.55. The number of aliphatic hydroxyl groups excluding tert-OH is 13. The second kappa shape index (κ2) is 33.0. The second-order valence-corrected chi connectivity index (χ2v) is 23.6. The summed E-state index contributed by atoms with van der Waals surface area (Å²) in [6.45, 7) is 0.726. The molecule has 2 aromatic rings. The van der Waals surface area contributed by atoms with Crippen LogP contribution in [-0.4, -0.2) is 305 Å². The van der Waals surface area contributed by atoms with Crippen molar-refractivity contribution < 1.29 is 124 Å². The largest absolute Gasteiger partial charge is 0.462 e. The fourth-order valence-electron chi connectivity index (χ4n) is 11.2. The molecule has 5 aliphatic heterocycles. The number of amides is 4. The highest BCUT2D eigenvalue weighted by molar-refractivity contribution is 5.96. The first-order valence-electron chi connectivity index (χ1n) is 29.9. The summed E-state index contributed by atoms with van der Waals surface area (Å²) in [4.78, 5) is 83.3. The van der Waals surface area contributed by atoms with Crippen molar-refractivity contribution in [3.8, 4) is 5.75 Å². The van der Waals surface area contributed by atoms with Gasteiger partial charge >= 0.3 is 5.97 Å². The van der Waals surface area contributed by atoms with Crippen molar-refractivity contribution in [1.29, 1.82) is 10.8 Å². The summed E-state index contributed by atoms with van der Waals surface area (Å²) in [5, 5.41) is 175. The van der Waals surface area contributed by atoms with Crippen LogP contribution in [0.5, 0.6) is 5.75 Å². The molecule has 0 saturated carbocycles. The number of rotatable bonds is 29. The number of carbonyl (C=O) groups excluding carboxylic acids is 6. The number of benzene rings is 2. The molecule has 7 rings (SSSR count). The van der Waals surface area contributed by atoms with Crippen molar-refractivity contribution in [2.24, 2.45) is 11.7 Å². The van der Waals surface area contributed by atoms with E-state index in [4.69, 9.17) is 45.0 Å². The Morgan fingerprint density at radius 1 is 0.677 bits per heavy atom. The maximum absolute atomic E-state index is 14.9. The number of nitrogens with one attached hydrogen (secondary N) is 9. The molecule has 36 heteroatoms. The number of nitrogens with two attached hydrogens (primary N) is 1. The number of aliphatic hydroxyl groups is 13. The van der Waals surface area contributed by atoms with E-state index in [9.17, 15) is 95.2 Å². The van der Waals surface area contributed by atoms with Gasteiger partial charge in [0.2, 0.25) is 36.2 Å². The van der Waals surface area contributed by atoms with Gasteiger partial charge in [-0.2, -0.15) is 0 Å². The number of guanidine groups is 2. The molecule has 5 fully saturated rings. The standard InChI is InChI=1S/C57H84N11O25/c1-22(2)13-34(74)92-48-41(78)32(20-72)90-55(46(48)83)93-47-33(21-73)91-54(45(82)43(47)80)88-27-11-9-24(10-12-27)14-28(64-50(85)35(58)23(3)25-7-5-4-6-8-25)49(84)66-36(38(75)29-15-61-56(59)65-29)52(87)67-37(51(86)63-26(17-69)18-70)39(76)30-16-62-57(60)68(30)53-44(81)42(79)40(77)31(19-71)89-53/h4-12,22-23,26,28-33,35-48,53-55,69,71-73,75-83H,13-17,19-21,58H2,1-3H3,(H2,60,62)(H,63,86)(H,64,85)(H,66,84)(H,67,87)(H3,59,61,65). The summed E-state index contributed by atoms with van der Waals surface area (Å²) in [5.74, 6) is -7.55. The van der Waals surface area contributed by atoms with E-state index in [1.165, 1.54) is 30.6 Å². The van der Waals surface area contributed by atoms with E-state index in [0.29, 0.717) is 5.56 Å². The minimum atomic E-state index is -2.30. The number of nitrogens with zero attached hydrogens (tertiary/aromatic N) is 1. The number of ether oxygens (including phenoxy) is 6. The van der Waals surface area contributed by atoms with E-state index in [1.54, 1.807) is 51.1 Å². The minimum Gasteiger partial charge on any atom is -0.462 e. The quantitative estimate of drug-likeness (QED) is 0.0336. The average Bonchev–Trinajstić information content (AvgIpc) is 1.77. The molecule has 5 saturated heterocycles. The summed E-state index contributed by atoms with van der Waals surface area (Å²) in [5.41, 5.74) is 7.38. The Hall–Kier alpha value is -6.92. The number of carbonyl (C=O) groups is 5. The Morgan fingerprint density at radius 2 is 1.29 bits per heavy atom. The van der Waals surface area contributed by atoms with Crippen LogP contribution in [0.15, 0.2) is 54.6 Å². The van der Waals surface area contributed by atoms with Crippen molar-refractivity contribution in [2.45, 2.75) is 186 Å². The molecule has 24 N–H and O–H groups in total. The van der Waals surface area contributed by atoms with Crippen molar-refractivity contribution in [3.05, 3.63) is 65.7 Å². The van der Waals surface area contributed by atoms with Gasteiger partial charge in [-0.05, 0) is 29.2 Å². The van der Waals surface area contributed by atoms with Crippen LogP contribution in [0.3, 0.4) is 0 Å². The molecule has 5 heterocycles. The molecule has 36 nitrogen and oxygen atoms in total. The van der Waals surface area contributed by atoms with Crippen LogP contribution < -0.4 is 47.7 Å². The van der Waals surface area contributed by atoms with Gasteiger partial charge in [-0.1, -0.05) is 63.2 Å². The van der Waals surface area contributed by atoms with Crippen LogP contribution in [0.2, 0.25) is 0 Å². The first kappa shape index (κ1) is 73.5. The van der Waals surface area contributed by atoms with Crippen LogP contribution in [0.1, 0.15) is 44.2 Å². The van der Waals surface area contributed by atoms with E-state index in [1.807, 2.05) is 0 Å². The fourth-order valence-corrected chi connectivity index (χ4v) is 11.2. The van der Waals surface area contributed by atoms with Gasteiger partial charge in [0.25, 0.3) is 0 Å². The molecule has 1 radical (unpaired) electrons. The van der Waals surface area contributed by atoms with Crippen molar-refractivity contribution in [1.82, 2.24) is 42.1 Å². The predicted octanol–water partition coefficient (Wildman–Crippen LogP) is -10.8. The van der Waals surface area contributed by atoms with Gasteiger partial charge < -0.3 is 143 Å². The second-order valence-electron chi connectivity index (χ2n) is 23.6. The monoisotopic (exact) mass is 1320 g/mol. The lowest BCUT2D eigenvalue weighted by Gasteiger charge is -2.46. The van der Waals surface area contributed by atoms with Crippen LogP contribution in [0, 0.1) is 16.7 Å². The van der Waals surface area contributed by atoms with Crippen molar-refractivity contribution >= 4 is 47.8 Å². The fraction of sp³-hybridized carbons (Fsp3) is 0.649. The molecular weight excluding hydrogens is 1240 g/mol. The topological polar surface area (TPSA) is 582 Å². The third-order valence-electron chi connectivity index (χ3n) is 16.5. The van der Waals surface area contributed by atoms with E-state index in [-0.39, 0.29) is 36.2 Å². The summed E-state index contributed by atoms with van der Waals surface area (Å²) in [7, 11) is 0. The molecule has 0 aliphatic carbocycles. The van der Waals surface area contributed by atoms with Gasteiger partial charge in [0.1, 0.15) is 109 Å². The molecular formula is C57H84N11O25.